The van der Waals surface area contributed by atoms with Crippen molar-refractivity contribution in [3.05, 3.63) is 64.5 Å². The fourth-order valence-electron chi connectivity index (χ4n) is 1.92. The Hall–Kier alpha value is -2.96. The molecule has 0 aliphatic rings. The standard InChI is InChI=1S/C16H15FN2O4/c1-2-15(23-14-8-6-11(17)7-9-14)16(20)18-12-4-3-5-13(10-12)19(21)22/h3-10,15H,2H2,1H3,(H,18,20)/t15-/m0/s1. The van der Waals surface area contributed by atoms with Crippen LogP contribution in [0.2, 0.25) is 0 Å². The van der Waals surface area contributed by atoms with Crippen molar-refractivity contribution >= 4 is 17.3 Å². The van der Waals surface area contributed by atoms with Crippen LogP contribution in [0.5, 0.6) is 5.75 Å². The lowest BCUT2D eigenvalue weighted by Crippen LogP contribution is -2.32. The minimum Gasteiger partial charge on any atom is -0.481 e. The lowest BCUT2D eigenvalue weighted by atomic mass is 10.2. The third-order valence-corrected chi connectivity index (χ3v) is 3.08. The van der Waals surface area contributed by atoms with Gasteiger partial charge in [-0.1, -0.05) is 13.0 Å². The van der Waals surface area contributed by atoms with Crippen LogP contribution in [0.25, 0.3) is 0 Å². The largest absolute Gasteiger partial charge is 0.481 e. The van der Waals surface area contributed by atoms with Gasteiger partial charge in [-0.2, -0.15) is 0 Å². The number of hydrogen-bond acceptors (Lipinski definition) is 4. The zero-order chi connectivity index (χ0) is 16.8. The van der Waals surface area contributed by atoms with Gasteiger partial charge in [-0.05, 0) is 36.8 Å². The molecule has 1 N–H and O–H groups in total. The Morgan fingerprint density at radius 2 is 2.00 bits per heavy atom. The first kappa shape index (κ1) is 16.4. The molecule has 0 radical (unpaired) electrons. The van der Waals surface area contributed by atoms with Crippen molar-refractivity contribution in [1.29, 1.82) is 0 Å². The summed E-state index contributed by atoms with van der Waals surface area (Å²) in [6.45, 7) is 1.77. The smallest absolute Gasteiger partial charge is 0.271 e. The number of carbonyl (C=O) groups is 1. The summed E-state index contributed by atoms with van der Waals surface area (Å²) in [5.74, 6) is -0.462. The molecule has 0 aromatic heterocycles. The van der Waals surface area contributed by atoms with Gasteiger partial charge in [0.25, 0.3) is 11.6 Å². The van der Waals surface area contributed by atoms with Crippen LogP contribution >= 0.6 is 0 Å². The number of ether oxygens (including phenoxy) is 1. The Labute approximate surface area is 132 Å². The van der Waals surface area contributed by atoms with Crippen LogP contribution in [-0.2, 0) is 4.79 Å². The average molecular weight is 318 g/mol. The lowest BCUT2D eigenvalue weighted by molar-refractivity contribution is -0.384. The Morgan fingerprint density at radius 1 is 1.30 bits per heavy atom. The first-order chi connectivity index (χ1) is 11.0. The monoisotopic (exact) mass is 318 g/mol. The molecule has 0 aliphatic heterocycles. The summed E-state index contributed by atoms with van der Waals surface area (Å²) in [6, 6.07) is 11.0. The summed E-state index contributed by atoms with van der Waals surface area (Å²) in [5, 5.41) is 13.3. The number of nitro groups is 1. The predicted octanol–water partition coefficient (Wildman–Crippen LogP) is 3.53. The third-order valence-electron chi connectivity index (χ3n) is 3.08. The van der Waals surface area contributed by atoms with Gasteiger partial charge in [0.05, 0.1) is 4.92 Å². The molecular formula is C16H15FN2O4. The van der Waals surface area contributed by atoms with E-state index >= 15 is 0 Å². The molecule has 0 bridgehead atoms. The van der Waals surface area contributed by atoms with Crippen LogP contribution < -0.4 is 10.1 Å². The van der Waals surface area contributed by atoms with Crippen molar-refractivity contribution < 1.29 is 18.8 Å². The number of benzene rings is 2. The Morgan fingerprint density at radius 3 is 2.61 bits per heavy atom. The van der Waals surface area contributed by atoms with Crippen LogP contribution in [0, 0.1) is 15.9 Å². The minimum absolute atomic E-state index is 0.115. The van der Waals surface area contributed by atoms with E-state index in [1.807, 2.05) is 0 Å². The van der Waals surface area contributed by atoms with E-state index in [-0.39, 0.29) is 5.69 Å². The summed E-state index contributed by atoms with van der Waals surface area (Å²) in [7, 11) is 0. The summed E-state index contributed by atoms with van der Waals surface area (Å²) in [6.07, 6.45) is -0.405. The highest BCUT2D eigenvalue weighted by Crippen LogP contribution is 2.19. The molecule has 2 aromatic rings. The number of nitro benzene ring substituents is 1. The van der Waals surface area contributed by atoms with Crippen molar-refractivity contribution in [3.8, 4) is 5.75 Å². The van der Waals surface area contributed by atoms with Crippen molar-refractivity contribution in [2.45, 2.75) is 19.4 Å². The molecule has 0 saturated carbocycles. The SMILES string of the molecule is CC[C@H](Oc1ccc(F)cc1)C(=O)Nc1cccc([N+](=O)[O-])c1. The minimum atomic E-state index is -0.792. The van der Waals surface area contributed by atoms with Crippen LogP contribution in [0.3, 0.4) is 0 Å². The molecule has 6 nitrogen and oxygen atoms in total. The van der Waals surface area contributed by atoms with E-state index in [9.17, 15) is 19.3 Å². The van der Waals surface area contributed by atoms with Crippen molar-refractivity contribution in [2.75, 3.05) is 5.32 Å². The number of rotatable bonds is 6. The van der Waals surface area contributed by atoms with E-state index in [0.717, 1.165) is 0 Å². The summed E-state index contributed by atoms with van der Waals surface area (Å²) in [5.41, 5.74) is 0.195. The normalized spacial score (nSPS) is 11.6. The maximum atomic E-state index is 12.9. The quantitative estimate of drug-likeness (QED) is 0.652. The molecule has 2 rings (SSSR count). The number of anilines is 1. The maximum Gasteiger partial charge on any atom is 0.271 e. The van der Waals surface area contributed by atoms with E-state index < -0.39 is 22.8 Å². The molecule has 1 amide bonds. The lowest BCUT2D eigenvalue weighted by Gasteiger charge is -2.17. The van der Waals surface area contributed by atoms with Crippen molar-refractivity contribution in [3.63, 3.8) is 0 Å². The summed E-state index contributed by atoms with van der Waals surface area (Å²) >= 11 is 0. The number of amides is 1. The predicted molar refractivity (Wildman–Crippen MR) is 82.8 cm³/mol. The first-order valence-electron chi connectivity index (χ1n) is 6.97. The van der Waals surface area contributed by atoms with Gasteiger partial charge in [0, 0.05) is 17.8 Å². The van der Waals surface area contributed by atoms with Gasteiger partial charge in [-0.3, -0.25) is 14.9 Å². The molecule has 120 valence electrons. The molecule has 0 fully saturated rings. The van der Waals surface area contributed by atoms with Crippen molar-refractivity contribution in [2.24, 2.45) is 0 Å². The molecule has 0 aliphatic carbocycles. The summed E-state index contributed by atoms with van der Waals surface area (Å²) < 4.78 is 18.4. The van der Waals surface area contributed by atoms with Gasteiger partial charge >= 0.3 is 0 Å². The molecule has 0 heterocycles. The van der Waals surface area contributed by atoms with Gasteiger partial charge in [0.15, 0.2) is 6.10 Å². The van der Waals surface area contributed by atoms with Crippen LogP contribution in [0.1, 0.15) is 13.3 Å². The highest BCUT2D eigenvalue weighted by molar-refractivity contribution is 5.94. The molecule has 23 heavy (non-hydrogen) atoms. The molecule has 0 saturated heterocycles. The zero-order valence-electron chi connectivity index (χ0n) is 12.4. The molecule has 0 spiro atoms. The topological polar surface area (TPSA) is 81.5 Å². The van der Waals surface area contributed by atoms with E-state index in [2.05, 4.69) is 5.32 Å². The van der Waals surface area contributed by atoms with E-state index in [4.69, 9.17) is 4.74 Å². The van der Waals surface area contributed by atoms with Crippen molar-refractivity contribution in [1.82, 2.24) is 0 Å². The Kier molecular flexibility index (Phi) is 5.24. The second-order valence-electron chi connectivity index (χ2n) is 4.77. The third kappa shape index (κ3) is 4.50. The fraction of sp³-hybridized carbons (Fsp3) is 0.188. The van der Waals surface area contributed by atoms with E-state index in [0.29, 0.717) is 17.9 Å². The highest BCUT2D eigenvalue weighted by Gasteiger charge is 2.19. The Bertz CT molecular complexity index is 703. The number of non-ortho nitro benzene ring substituents is 1. The highest BCUT2D eigenvalue weighted by atomic mass is 19.1. The Balaban J connectivity index is 2.06. The van der Waals surface area contributed by atoms with Gasteiger partial charge in [0.1, 0.15) is 11.6 Å². The van der Waals surface area contributed by atoms with E-state index in [1.54, 1.807) is 13.0 Å². The van der Waals surface area contributed by atoms with Gasteiger partial charge in [-0.15, -0.1) is 0 Å². The molecule has 2 aromatic carbocycles. The number of carbonyl (C=O) groups excluding carboxylic acids is 1. The molecular weight excluding hydrogens is 303 g/mol. The van der Waals surface area contributed by atoms with Gasteiger partial charge in [-0.25, -0.2) is 4.39 Å². The number of hydrogen-bond donors (Lipinski definition) is 1. The second kappa shape index (κ2) is 7.35. The molecule has 0 unspecified atom stereocenters. The van der Waals surface area contributed by atoms with E-state index in [1.165, 1.54) is 42.5 Å². The first-order valence-corrected chi connectivity index (χ1v) is 6.97. The number of halogens is 1. The zero-order valence-corrected chi connectivity index (χ0v) is 12.4. The molecule has 1 atom stereocenters. The van der Waals surface area contributed by atoms with Crippen LogP contribution in [0.15, 0.2) is 48.5 Å². The van der Waals surface area contributed by atoms with Gasteiger partial charge < -0.3 is 10.1 Å². The fourth-order valence-corrected chi connectivity index (χ4v) is 1.92. The second-order valence-corrected chi connectivity index (χ2v) is 4.77. The maximum absolute atomic E-state index is 12.9. The van der Waals surface area contributed by atoms with Crippen LogP contribution in [-0.4, -0.2) is 16.9 Å². The summed E-state index contributed by atoms with van der Waals surface area (Å²) in [4.78, 5) is 22.4. The molecule has 7 heteroatoms. The number of nitrogens with one attached hydrogen (secondary N) is 1. The van der Waals surface area contributed by atoms with Crippen LogP contribution in [0.4, 0.5) is 15.8 Å². The van der Waals surface area contributed by atoms with Gasteiger partial charge in [0.2, 0.25) is 0 Å². The average Bonchev–Trinajstić information content (AvgIpc) is 2.54. The number of nitrogens with zero attached hydrogens (tertiary/aromatic N) is 1.